The fourth-order valence-corrected chi connectivity index (χ4v) is 1.31. The van der Waals surface area contributed by atoms with Gasteiger partial charge in [0, 0.05) is 25.1 Å². The molecule has 3 heteroatoms. The lowest BCUT2D eigenvalue weighted by Crippen LogP contribution is -2.14. The molecule has 0 N–H and O–H groups in total. The lowest BCUT2D eigenvalue weighted by molar-refractivity contribution is 0.574. The van der Waals surface area contributed by atoms with Gasteiger partial charge in [-0.1, -0.05) is 0 Å². The van der Waals surface area contributed by atoms with Crippen LogP contribution in [0, 0.1) is 18.0 Å². The van der Waals surface area contributed by atoms with Crippen molar-refractivity contribution in [2.75, 3.05) is 11.9 Å². The van der Waals surface area contributed by atoms with Gasteiger partial charge >= 0.3 is 0 Å². The number of hydrogen-bond donors (Lipinski definition) is 0. The van der Waals surface area contributed by atoms with E-state index in [9.17, 15) is 0 Å². The van der Waals surface area contributed by atoms with Gasteiger partial charge in [0.15, 0.2) is 0 Å². The van der Waals surface area contributed by atoms with E-state index in [4.69, 9.17) is 5.26 Å². The first-order chi connectivity index (χ1) is 6.79. The number of nitriles is 1. The molecule has 0 saturated heterocycles. The average molecular weight is 184 g/mol. The Morgan fingerprint density at radius 3 is 2.36 bits per heavy atom. The summed E-state index contributed by atoms with van der Waals surface area (Å²) in [4.78, 5) is 3.97. The summed E-state index contributed by atoms with van der Waals surface area (Å²) in [6.07, 6.45) is 3.94. The van der Waals surface area contributed by atoms with Crippen LogP contribution >= 0.6 is 0 Å². The number of hydrogen-bond acceptors (Lipinski definition) is 3. The molecule has 1 aromatic rings. The van der Waals surface area contributed by atoms with Crippen LogP contribution in [0.3, 0.4) is 0 Å². The van der Waals surface area contributed by atoms with Crippen molar-refractivity contribution in [2.45, 2.75) is 0 Å². The topological polar surface area (TPSA) is 30.3 Å². The molecule has 0 bridgehead atoms. The van der Waals surface area contributed by atoms with Crippen LogP contribution in [0.15, 0.2) is 36.7 Å². The molecule has 0 atom stereocenters. The lowest BCUT2D eigenvalue weighted by atomic mass is 10.2. The maximum atomic E-state index is 8.64. The summed E-state index contributed by atoms with van der Waals surface area (Å²) in [5.74, 6) is 0. The highest BCUT2D eigenvalue weighted by Gasteiger charge is 2.10. The fourth-order valence-electron chi connectivity index (χ4n) is 1.31. The fraction of sp³-hybridized carbons (Fsp3) is 0.0909. The summed E-state index contributed by atoms with van der Waals surface area (Å²) in [5, 5.41) is 8.64. The molecule has 0 fully saturated rings. The molecule has 2 rings (SSSR count). The summed E-state index contributed by atoms with van der Waals surface area (Å²) in [6.45, 7) is 1.97. The molecule has 1 aromatic carbocycles. The van der Waals surface area contributed by atoms with E-state index < -0.39 is 0 Å². The molecule has 0 spiro atoms. The molecule has 0 saturated carbocycles. The smallest absolute Gasteiger partial charge is 0.145 e. The third-order valence-electron chi connectivity index (χ3n) is 2.06. The van der Waals surface area contributed by atoms with Crippen molar-refractivity contribution in [1.82, 2.24) is 4.90 Å². The number of benzene rings is 1. The molecule has 69 valence electrons. The molecule has 0 aliphatic carbocycles. The van der Waals surface area contributed by atoms with Crippen LogP contribution in [-0.2, 0) is 0 Å². The van der Waals surface area contributed by atoms with E-state index in [0.717, 1.165) is 5.69 Å². The van der Waals surface area contributed by atoms with E-state index in [-0.39, 0.29) is 0 Å². The average Bonchev–Trinajstić information content (AvgIpc) is 2.65. The minimum absolute atomic E-state index is 0.685. The Labute approximate surface area is 83.5 Å². The first-order valence-corrected chi connectivity index (χ1v) is 4.33. The Morgan fingerprint density at radius 1 is 1.14 bits per heavy atom. The normalized spacial score (nSPS) is 14.6. The van der Waals surface area contributed by atoms with Crippen LogP contribution in [-0.4, -0.2) is 11.9 Å². The number of anilines is 1. The molecule has 0 amide bonds. The standard InChI is InChI=1S/C11H10N3/c1-13-6-7-14(9-13)11-4-2-10(8-12)3-5-11/h2-7,9H,1H3. The zero-order chi connectivity index (χ0) is 9.97. The molecule has 0 aromatic heterocycles. The highest BCUT2D eigenvalue weighted by molar-refractivity contribution is 5.54. The van der Waals surface area contributed by atoms with Crippen molar-refractivity contribution >= 4 is 5.69 Å². The Morgan fingerprint density at radius 2 is 1.86 bits per heavy atom. The number of rotatable bonds is 1. The highest BCUT2D eigenvalue weighted by Crippen LogP contribution is 2.20. The highest BCUT2D eigenvalue weighted by atomic mass is 15.3. The Hall–Kier alpha value is -1.95. The quantitative estimate of drug-likeness (QED) is 0.667. The van der Waals surface area contributed by atoms with Crippen molar-refractivity contribution in [3.05, 3.63) is 48.9 Å². The third kappa shape index (κ3) is 1.55. The van der Waals surface area contributed by atoms with E-state index >= 15 is 0 Å². The molecule has 1 heterocycles. The van der Waals surface area contributed by atoms with Gasteiger partial charge in [-0.3, -0.25) is 0 Å². The van der Waals surface area contributed by atoms with Crippen LogP contribution in [0.4, 0.5) is 5.69 Å². The summed E-state index contributed by atoms with van der Waals surface area (Å²) in [6, 6.07) is 9.58. The summed E-state index contributed by atoms with van der Waals surface area (Å²) < 4.78 is 0. The second-order valence-corrected chi connectivity index (χ2v) is 3.15. The zero-order valence-electron chi connectivity index (χ0n) is 7.88. The molecule has 0 unspecified atom stereocenters. The first kappa shape index (κ1) is 8.64. The van der Waals surface area contributed by atoms with E-state index in [1.54, 1.807) is 0 Å². The van der Waals surface area contributed by atoms with Gasteiger partial charge in [-0.15, -0.1) is 0 Å². The molecule has 1 radical (unpaired) electrons. The zero-order valence-corrected chi connectivity index (χ0v) is 7.88. The Balaban J connectivity index is 2.19. The van der Waals surface area contributed by atoms with Gasteiger partial charge < -0.3 is 9.80 Å². The maximum absolute atomic E-state index is 8.64. The summed E-state index contributed by atoms with van der Waals surface area (Å²) in [5.41, 5.74) is 1.75. The van der Waals surface area contributed by atoms with Crippen molar-refractivity contribution in [3.63, 3.8) is 0 Å². The van der Waals surface area contributed by atoms with Crippen LogP contribution in [0.25, 0.3) is 0 Å². The van der Waals surface area contributed by atoms with E-state index in [1.165, 1.54) is 0 Å². The van der Waals surface area contributed by atoms with Gasteiger partial charge in [-0.25, -0.2) is 0 Å². The second-order valence-electron chi connectivity index (χ2n) is 3.15. The van der Waals surface area contributed by atoms with Crippen molar-refractivity contribution < 1.29 is 0 Å². The van der Waals surface area contributed by atoms with Crippen molar-refractivity contribution in [2.24, 2.45) is 0 Å². The largest absolute Gasteiger partial charge is 0.356 e. The van der Waals surface area contributed by atoms with Crippen molar-refractivity contribution in [3.8, 4) is 6.07 Å². The lowest BCUT2D eigenvalue weighted by Gasteiger charge is -2.16. The molecule has 3 nitrogen and oxygen atoms in total. The van der Waals surface area contributed by atoms with Gasteiger partial charge in [-0.2, -0.15) is 5.26 Å². The maximum Gasteiger partial charge on any atom is 0.145 e. The molecular formula is C11H10N3. The van der Waals surface area contributed by atoms with Crippen LogP contribution in [0.2, 0.25) is 0 Å². The molecule has 1 aliphatic heterocycles. The van der Waals surface area contributed by atoms with E-state index in [0.29, 0.717) is 5.56 Å². The van der Waals surface area contributed by atoms with Crippen molar-refractivity contribution in [1.29, 1.82) is 5.26 Å². The van der Waals surface area contributed by atoms with Crippen LogP contribution < -0.4 is 4.90 Å². The molecule has 14 heavy (non-hydrogen) atoms. The minimum atomic E-state index is 0.685. The Kier molecular flexibility index (Phi) is 2.11. The van der Waals surface area contributed by atoms with Gasteiger partial charge in [0.05, 0.1) is 11.6 Å². The summed E-state index contributed by atoms with van der Waals surface area (Å²) >= 11 is 0. The predicted molar refractivity (Wildman–Crippen MR) is 54.8 cm³/mol. The van der Waals surface area contributed by atoms with Crippen LogP contribution in [0.5, 0.6) is 0 Å². The predicted octanol–water partition coefficient (Wildman–Crippen LogP) is 1.90. The van der Waals surface area contributed by atoms with E-state index in [1.807, 2.05) is 60.2 Å². The minimum Gasteiger partial charge on any atom is -0.356 e. The van der Waals surface area contributed by atoms with Gasteiger partial charge in [0.1, 0.15) is 6.67 Å². The second kappa shape index (κ2) is 3.43. The van der Waals surface area contributed by atoms with Gasteiger partial charge in [-0.05, 0) is 24.3 Å². The summed E-state index contributed by atoms with van der Waals surface area (Å²) in [7, 11) is 1.97. The Bertz CT molecular complexity index is 386. The molecule has 1 aliphatic rings. The van der Waals surface area contributed by atoms with Gasteiger partial charge in [0.25, 0.3) is 0 Å². The monoisotopic (exact) mass is 184 g/mol. The molecular weight excluding hydrogens is 174 g/mol. The van der Waals surface area contributed by atoms with E-state index in [2.05, 4.69) is 6.07 Å². The van der Waals surface area contributed by atoms with Crippen LogP contribution in [0.1, 0.15) is 5.56 Å². The van der Waals surface area contributed by atoms with Gasteiger partial charge in [0.2, 0.25) is 0 Å². The first-order valence-electron chi connectivity index (χ1n) is 4.33. The number of nitrogens with zero attached hydrogens (tertiary/aromatic N) is 3. The SMILES string of the molecule is CN1[CH]N(c2ccc(C#N)cc2)C=C1. The third-order valence-corrected chi connectivity index (χ3v) is 2.06.